The Morgan fingerprint density at radius 1 is 1.29 bits per heavy atom. The molecular formula is C22H25N3O4S2. The molecule has 31 heavy (non-hydrogen) atoms. The summed E-state index contributed by atoms with van der Waals surface area (Å²) in [6.07, 6.45) is 3.55. The third-order valence-electron chi connectivity index (χ3n) is 5.59. The fourth-order valence-corrected chi connectivity index (χ4v) is 6.70. The van der Waals surface area contributed by atoms with E-state index in [-0.39, 0.29) is 35.6 Å². The number of amides is 1. The summed E-state index contributed by atoms with van der Waals surface area (Å²) in [4.78, 5) is 33.1. The average Bonchev–Trinajstić information content (AvgIpc) is 3.35. The van der Waals surface area contributed by atoms with Crippen molar-refractivity contribution in [2.75, 3.05) is 18.1 Å². The van der Waals surface area contributed by atoms with Crippen LogP contribution in [0.25, 0.3) is 20.7 Å². The van der Waals surface area contributed by atoms with E-state index in [0.29, 0.717) is 23.2 Å². The first-order valence-corrected chi connectivity index (χ1v) is 13.1. The molecule has 1 saturated heterocycles. The highest BCUT2D eigenvalue weighted by molar-refractivity contribution is 7.91. The quantitative estimate of drug-likeness (QED) is 0.542. The molecule has 3 aromatic rings. The van der Waals surface area contributed by atoms with Crippen LogP contribution < -0.4 is 5.56 Å². The van der Waals surface area contributed by atoms with Gasteiger partial charge < -0.3 is 4.90 Å². The zero-order valence-electron chi connectivity index (χ0n) is 17.4. The van der Waals surface area contributed by atoms with Gasteiger partial charge in [0.15, 0.2) is 9.84 Å². The predicted molar refractivity (Wildman–Crippen MR) is 123 cm³/mol. The number of nitrogens with zero attached hydrogens (tertiary/aromatic N) is 3. The van der Waals surface area contributed by atoms with Crippen molar-refractivity contribution in [3.8, 4) is 10.4 Å². The van der Waals surface area contributed by atoms with E-state index in [2.05, 4.69) is 4.98 Å². The summed E-state index contributed by atoms with van der Waals surface area (Å²) < 4.78 is 25.7. The third-order valence-corrected chi connectivity index (χ3v) is 8.50. The first-order valence-electron chi connectivity index (χ1n) is 10.4. The van der Waals surface area contributed by atoms with Gasteiger partial charge in [0.1, 0.15) is 11.2 Å². The Balaban J connectivity index is 1.59. The number of hydrogen-bond acceptors (Lipinski definition) is 6. The number of aromatic nitrogens is 2. The molecular weight excluding hydrogens is 434 g/mol. The standard InChI is InChI=1S/C22H25N3O4S2/c1-2-3-10-25(17-9-11-31(28,29)14-17)20(26)13-24-15-23-18-12-19(30-21(18)22(24)27)16-7-5-4-6-8-16/h4-8,12,15,17H,2-3,9-11,13-14H2,1H3. The number of carbonyl (C=O) groups excluding carboxylic acids is 1. The second-order valence-corrected chi connectivity index (χ2v) is 11.1. The molecule has 1 fully saturated rings. The number of carbonyl (C=O) groups is 1. The monoisotopic (exact) mass is 459 g/mol. The molecule has 164 valence electrons. The van der Waals surface area contributed by atoms with E-state index >= 15 is 0 Å². The van der Waals surface area contributed by atoms with Crippen LogP contribution >= 0.6 is 11.3 Å². The van der Waals surface area contributed by atoms with Gasteiger partial charge in [0.05, 0.1) is 23.3 Å². The minimum absolute atomic E-state index is 0.00000157. The highest BCUT2D eigenvalue weighted by atomic mass is 32.2. The molecule has 0 radical (unpaired) electrons. The molecule has 1 aromatic carbocycles. The maximum absolute atomic E-state index is 13.1. The van der Waals surface area contributed by atoms with Crippen molar-refractivity contribution < 1.29 is 13.2 Å². The fraction of sp³-hybridized carbons (Fsp3) is 0.409. The van der Waals surface area contributed by atoms with E-state index < -0.39 is 9.84 Å². The zero-order valence-corrected chi connectivity index (χ0v) is 19.0. The van der Waals surface area contributed by atoms with Crippen molar-refractivity contribution in [3.63, 3.8) is 0 Å². The smallest absolute Gasteiger partial charge is 0.271 e. The molecule has 1 aliphatic heterocycles. The summed E-state index contributed by atoms with van der Waals surface area (Å²) in [6.45, 7) is 2.38. The number of hydrogen-bond donors (Lipinski definition) is 0. The van der Waals surface area contributed by atoms with E-state index in [1.807, 2.05) is 43.3 Å². The molecule has 9 heteroatoms. The van der Waals surface area contributed by atoms with Crippen LogP contribution in [0.1, 0.15) is 26.2 Å². The van der Waals surface area contributed by atoms with Crippen LogP contribution in [-0.2, 0) is 21.2 Å². The van der Waals surface area contributed by atoms with Crippen molar-refractivity contribution in [2.45, 2.75) is 38.8 Å². The highest BCUT2D eigenvalue weighted by Gasteiger charge is 2.34. The molecule has 7 nitrogen and oxygen atoms in total. The van der Waals surface area contributed by atoms with E-state index in [1.165, 1.54) is 22.2 Å². The van der Waals surface area contributed by atoms with Crippen molar-refractivity contribution in [3.05, 3.63) is 53.1 Å². The van der Waals surface area contributed by atoms with Crippen LogP contribution in [0.3, 0.4) is 0 Å². The lowest BCUT2D eigenvalue weighted by Crippen LogP contribution is -2.44. The average molecular weight is 460 g/mol. The SMILES string of the molecule is CCCCN(C(=O)Cn1cnc2cc(-c3ccccc3)sc2c1=O)C1CCS(=O)(=O)C1. The molecule has 0 N–H and O–H groups in total. The number of sulfone groups is 1. The Morgan fingerprint density at radius 3 is 2.74 bits per heavy atom. The van der Waals surface area contributed by atoms with E-state index in [4.69, 9.17) is 0 Å². The maximum atomic E-state index is 13.1. The molecule has 1 amide bonds. The van der Waals surface area contributed by atoms with Crippen LogP contribution in [0.4, 0.5) is 0 Å². The van der Waals surface area contributed by atoms with Gasteiger partial charge in [0.2, 0.25) is 5.91 Å². The van der Waals surface area contributed by atoms with Crippen LogP contribution in [0, 0.1) is 0 Å². The molecule has 1 atom stereocenters. The number of rotatable bonds is 7. The number of fused-ring (bicyclic) bond motifs is 1. The minimum Gasteiger partial charge on any atom is -0.337 e. The van der Waals surface area contributed by atoms with E-state index in [0.717, 1.165) is 23.3 Å². The van der Waals surface area contributed by atoms with Crippen molar-refractivity contribution >= 4 is 37.3 Å². The van der Waals surface area contributed by atoms with Crippen molar-refractivity contribution in [2.24, 2.45) is 0 Å². The lowest BCUT2D eigenvalue weighted by molar-refractivity contribution is -0.133. The second-order valence-electron chi connectivity index (χ2n) is 7.87. The maximum Gasteiger partial charge on any atom is 0.271 e. The summed E-state index contributed by atoms with van der Waals surface area (Å²) in [5.41, 5.74) is 1.38. The fourth-order valence-electron chi connectivity index (χ4n) is 3.90. The van der Waals surface area contributed by atoms with Gasteiger partial charge in [0.25, 0.3) is 5.56 Å². The van der Waals surface area contributed by atoms with E-state index in [9.17, 15) is 18.0 Å². The normalized spacial score (nSPS) is 17.8. The van der Waals surface area contributed by atoms with Crippen molar-refractivity contribution in [1.82, 2.24) is 14.5 Å². The Hall–Kier alpha value is -2.52. The van der Waals surface area contributed by atoms with Gasteiger partial charge in [-0.15, -0.1) is 11.3 Å². The van der Waals surface area contributed by atoms with Crippen LogP contribution in [0.2, 0.25) is 0 Å². The molecule has 0 bridgehead atoms. The minimum atomic E-state index is -3.11. The summed E-state index contributed by atoms with van der Waals surface area (Å²) in [5, 5.41) is 0. The van der Waals surface area contributed by atoms with Crippen LogP contribution in [0.5, 0.6) is 0 Å². The Bertz CT molecular complexity index is 1250. The number of benzene rings is 1. The Morgan fingerprint density at radius 2 is 2.06 bits per heavy atom. The molecule has 1 aliphatic rings. The van der Waals surface area contributed by atoms with Gasteiger partial charge in [-0.05, 0) is 24.5 Å². The zero-order chi connectivity index (χ0) is 22.0. The van der Waals surface area contributed by atoms with Gasteiger partial charge in [-0.25, -0.2) is 13.4 Å². The summed E-state index contributed by atoms with van der Waals surface area (Å²) >= 11 is 1.37. The molecule has 0 saturated carbocycles. The number of unbranched alkanes of at least 4 members (excludes halogenated alkanes) is 1. The largest absolute Gasteiger partial charge is 0.337 e. The Kier molecular flexibility index (Phi) is 6.24. The van der Waals surface area contributed by atoms with Crippen LogP contribution in [0.15, 0.2) is 47.5 Å². The molecule has 1 unspecified atom stereocenters. The lowest BCUT2D eigenvalue weighted by atomic mass is 10.2. The van der Waals surface area contributed by atoms with Crippen molar-refractivity contribution in [1.29, 1.82) is 0 Å². The molecule has 2 aromatic heterocycles. The van der Waals surface area contributed by atoms with Gasteiger partial charge in [-0.1, -0.05) is 43.7 Å². The topological polar surface area (TPSA) is 89.3 Å². The first-order chi connectivity index (χ1) is 14.9. The summed E-state index contributed by atoms with van der Waals surface area (Å²) in [6, 6.07) is 11.4. The predicted octanol–water partition coefficient (Wildman–Crippen LogP) is 2.94. The van der Waals surface area contributed by atoms with Gasteiger partial charge in [-0.3, -0.25) is 14.2 Å². The number of thiophene rings is 1. The molecule has 4 rings (SSSR count). The van der Waals surface area contributed by atoms with Gasteiger partial charge >= 0.3 is 0 Å². The van der Waals surface area contributed by atoms with E-state index in [1.54, 1.807) is 4.90 Å². The highest BCUT2D eigenvalue weighted by Crippen LogP contribution is 2.30. The molecule has 0 aliphatic carbocycles. The molecule has 3 heterocycles. The summed E-state index contributed by atoms with van der Waals surface area (Å²) in [7, 11) is -3.11. The lowest BCUT2D eigenvalue weighted by Gasteiger charge is -2.28. The Labute approximate surface area is 185 Å². The van der Waals surface area contributed by atoms with Gasteiger partial charge in [0, 0.05) is 17.5 Å². The second kappa shape index (κ2) is 8.92. The summed E-state index contributed by atoms with van der Waals surface area (Å²) in [5.74, 6) is -0.128. The van der Waals surface area contributed by atoms with Crippen LogP contribution in [-0.4, -0.2) is 52.9 Å². The third kappa shape index (κ3) is 4.72. The molecule has 0 spiro atoms. The van der Waals surface area contributed by atoms with Gasteiger partial charge in [-0.2, -0.15) is 0 Å². The first kappa shape index (κ1) is 21.7.